The minimum absolute atomic E-state index is 0.200. The highest BCUT2D eigenvalue weighted by Crippen LogP contribution is 2.25. The van der Waals surface area contributed by atoms with Gasteiger partial charge < -0.3 is 14.6 Å². The van der Waals surface area contributed by atoms with Crippen molar-refractivity contribution in [3.8, 4) is 0 Å². The van der Waals surface area contributed by atoms with Gasteiger partial charge in [-0.2, -0.15) is 0 Å². The number of benzene rings is 1. The molecule has 0 saturated carbocycles. The van der Waals surface area contributed by atoms with E-state index in [1.54, 1.807) is 0 Å². The van der Waals surface area contributed by atoms with Crippen molar-refractivity contribution in [2.45, 2.75) is 44.7 Å². The molecule has 0 spiro atoms. The molecule has 1 aromatic rings. The molecule has 2 atom stereocenters. The monoisotopic (exact) mass is 236 g/mol. The Morgan fingerprint density at radius 2 is 2.06 bits per heavy atom. The molecule has 0 amide bonds. The minimum atomic E-state index is -0.557. The summed E-state index contributed by atoms with van der Waals surface area (Å²) in [7, 11) is 0. The van der Waals surface area contributed by atoms with E-state index in [1.165, 1.54) is 5.56 Å². The van der Waals surface area contributed by atoms with Crippen LogP contribution in [0.2, 0.25) is 0 Å². The van der Waals surface area contributed by atoms with Gasteiger partial charge in [0, 0.05) is 0 Å². The summed E-state index contributed by atoms with van der Waals surface area (Å²) in [6.07, 6.45) is 0.904. The average molecular weight is 236 g/mol. The largest absolute Gasteiger partial charge is 0.390 e. The van der Waals surface area contributed by atoms with Crippen LogP contribution >= 0.6 is 0 Å². The van der Waals surface area contributed by atoms with Gasteiger partial charge in [-0.05, 0) is 32.3 Å². The van der Waals surface area contributed by atoms with Crippen molar-refractivity contribution >= 4 is 0 Å². The van der Waals surface area contributed by atoms with E-state index in [4.69, 9.17) is 9.47 Å². The molecule has 0 radical (unpaired) electrons. The molecule has 3 nitrogen and oxygen atoms in total. The molecule has 1 aliphatic rings. The second kappa shape index (κ2) is 5.17. The zero-order chi connectivity index (χ0) is 12.3. The molecule has 3 heteroatoms. The molecule has 1 N–H and O–H groups in total. The average Bonchev–Trinajstić information content (AvgIpc) is 2.68. The summed E-state index contributed by atoms with van der Waals surface area (Å²) in [6.45, 7) is 4.22. The maximum absolute atomic E-state index is 10.0. The molecule has 0 unspecified atom stereocenters. The Morgan fingerprint density at radius 3 is 2.65 bits per heavy atom. The number of rotatable bonds is 4. The van der Waals surface area contributed by atoms with Crippen molar-refractivity contribution in [1.82, 2.24) is 0 Å². The summed E-state index contributed by atoms with van der Waals surface area (Å²) >= 11 is 0. The van der Waals surface area contributed by atoms with Crippen molar-refractivity contribution in [2.75, 3.05) is 6.61 Å². The van der Waals surface area contributed by atoms with Crippen LogP contribution < -0.4 is 0 Å². The van der Waals surface area contributed by atoms with Crippen molar-refractivity contribution in [1.29, 1.82) is 0 Å². The molecule has 17 heavy (non-hydrogen) atoms. The lowest BCUT2D eigenvalue weighted by Crippen LogP contribution is -2.31. The molecule has 1 aromatic carbocycles. The molecule has 0 aromatic heterocycles. The van der Waals surface area contributed by atoms with Crippen LogP contribution in [0.25, 0.3) is 0 Å². The molecule has 94 valence electrons. The van der Waals surface area contributed by atoms with Gasteiger partial charge in [0.15, 0.2) is 5.79 Å². The predicted molar refractivity (Wildman–Crippen MR) is 65.7 cm³/mol. The SMILES string of the molecule is CC1(C)OC[C@H]([C@H](O)CCc2ccccc2)O1. The maximum atomic E-state index is 10.0. The summed E-state index contributed by atoms with van der Waals surface area (Å²) in [5.74, 6) is -0.557. The van der Waals surface area contributed by atoms with Crippen LogP contribution in [-0.2, 0) is 15.9 Å². The number of aliphatic hydroxyl groups is 1. The van der Waals surface area contributed by atoms with E-state index < -0.39 is 11.9 Å². The van der Waals surface area contributed by atoms with E-state index in [9.17, 15) is 5.11 Å². The summed E-state index contributed by atoms with van der Waals surface area (Å²) in [5.41, 5.74) is 1.24. The van der Waals surface area contributed by atoms with E-state index in [1.807, 2.05) is 32.0 Å². The summed E-state index contributed by atoms with van der Waals surface area (Å²) < 4.78 is 11.1. The maximum Gasteiger partial charge on any atom is 0.163 e. The van der Waals surface area contributed by atoms with Gasteiger partial charge in [0.2, 0.25) is 0 Å². The Morgan fingerprint density at radius 1 is 1.35 bits per heavy atom. The Labute approximate surface area is 102 Å². The Bertz CT molecular complexity index is 348. The van der Waals surface area contributed by atoms with Gasteiger partial charge in [-0.25, -0.2) is 0 Å². The number of aryl methyl sites for hydroxylation is 1. The van der Waals surface area contributed by atoms with Gasteiger partial charge in [-0.1, -0.05) is 30.3 Å². The molecule has 1 saturated heterocycles. The Balaban J connectivity index is 1.80. The zero-order valence-electron chi connectivity index (χ0n) is 10.4. The highest BCUT2D eigenvalue weighted by atomic mass is 16.7. The molecular weight excluding hydrogens is 216 g/mol. The third-order valence-electron chi connectivity index (χ3n) is 3.03. The molecular formula is C14H20O3. The van der Waals surface area contributed by atoms with E-state index in [2.05, 4.69) is 12.1 Å². The van der Waals surface area contributed by atoms with E-state index >= 15 is 0 Å². The topological polar surface area (TPSA) is 38.7 Å². The highest BCUT2D eigenvalue weighted by molar-refractivity contribution is 5.14. The van der Waals surface area contributed by atoms with Gasteiger partial charge in [0.25, 0.3) is 0 Å². The van der Waals surface area contributed by atoms with Gasteiger partial charge in [0.1, 0.15) is 6.10 Å². The molecule has 2 rings (SSSR count). The first-order valence-corrected chi connectivity index (χ1v) is 6.10. The lowest BCUT2D eigenvalue weighted by molar-refractivity contribution is -0.151. The van der Waals surface area contributed by atoms with Crippen molar-refractivity contribution in [3.63, 3.8) is 0 Å². The van der Waals surface area contributed by atoms with E-state index in [0.29, 0.717) is 13.0 Å². The van der Waals surface area contributed by atoms with E-state index in [-0.39, 0.29) is 6.10 Å². The fraction of sp³-hybridized carbons (Fsp3) is 0.571. The van der Waals surface area contributed by atoms with Gasteiger partial charge in [-0.15, -0.1) is 0 Å². The number of ether oxygens (including phenoxy) is 2. The minimum Gasteiger partial charge on any atom is -0.390 e. The molecule has 0 bridgehead atoms. The summed E-state index contributed by atoms with van der Waals surface area (Å²) in [5, 5.41) is 10.0. The van der Waals surface area contributed by atoms with Crippen LogP contribution in [0.3, 0.4) is 0 Å². The van der Waals surface area contributed by atoms with Crippen molar-refractivity contribution in [3.05, 3.63) is 35.9 Å². The Hall–Kier alpha value is -0.900. The van der Waals surface area contributed by atoms with Crippen LogP contribution in [0.1, 0.15) is 25.8 Å². The lowest BCUT2D eigenvalue weighted by Gasteiger charge is -2.20. The summed E-state index contributed by atoms with van der Waals surface area (Å²) in [4.78, 5) is 0. The standard InChI is InChI=1S/C14H20O3/c1-14(2)16-10-13(17-14)12(15)9-8-11-6-4-3-5-7-11/h3-7,12-13,15H,8-10H2,1-2H3/t12-,13-/m1/s1. The quantitative estimate of drug-likeness (QED) is 0.870. The summed E-state index contributed by atoms with van der Waals surface area (Å²) in [6, 6.07) is 10.2. The van der Waals surface area contributed by atoms with Crippen LogP contribution in [-0.4, -0.2) is 29.7 Å². The van der Waals surface area contributed by atoms with E-state index in [0.717, 1.165) is 6.42 Å². The molecule has 1 aliphatic heterocycles. The van der Waals surface area contributed by atoms with Crippen LogP contribution in [0.15, 0.2) is 30.3 Å². The van der Waals surface area contributed by atoms with Gasteiger partial charge in [0.05, 0.1) is 12.7 Å². The predicted octanol–water partition coefficient (Wildman–Crippen LogP) is 2.13. The van der Waals surface area contributed by atoms with Crippen molar-refractivity contribution < 1.29 is 14.6 Å². The second-order valence-corrected chi connectivity index (χ2v) is 4.96. The molecule has 1 fully saturated rings. The second-order valence-electron chi connectivity index (χ2n) is 4.96. The number of hydrogen-bond acceptors (Lipinski definition) is 3. The van der Waals surface area contributed by atoms with Crippen LogP contribution in [0, 0.1) is 0 Å². The van der Waals surface area contributed by atoms with Crippen LogP contribution in [0.4, 0.5) is 0 Å². The van der Waals surface area contributed by atoms with Crippen molar-refractivity contribution in [2.24, 2.45) is 0 Å². The zero-order valence-corrected chi connectivity index (χ0v) is 10.4. The number of hydrogen-bond donors (Lipinski definition) is 1. The molecule has 0 aliphatic carbocycles. The van der Waals surface area contributed by atoms with Gasteiger partial charge >= 0.3 is 0 Å². The first kappa shape index (κ1) is 12.6. The highest BCUT2D eigenvalue weighted by Gasteiger charge is 2.36. The fourth-order valence-corrected chi connectivity index (χ4v) is 2.05. The Kier molecular flexibility index (Phi) is 3.82. The lowest BCUT2D eigenvalue weighted by atomic mass is 10.0. The van der Waals surface area contributed by atoms with Crippen LogP contribution in [0.5, 0.6) is 0 Å². The smallest absolute Gasteiger partial charge is 0.163 e. The first-order valence-electron chi connectivity index (χ1n) is 6.10. The van der Waals surface area contributed by atoms with Gasteiger partial charge in [-0.3, -0.25) is 0 Å². The molecule has 1 heterocycles. The normalized spacial score (nSPS) is 24.8. The number of aliphatic hydroxyl groups excluding tert-OH is 1. The third kappa shape index (κ3) is 3.53. The first-order chi connectivity index (χ1) is 8.07. The fourth-order valence-electron chi connectivity index (χ4n) is 2.05. The third-order valence-corrected chi connectivity index (χ3v) is 3.03.